The van der Waals surface area contributed by atoms with Gasteiger partial charge in [0.25, 0.3) is 0 Å². The lowest BCUT2D eigenvalue weighted by atomic mass is 9.84. The fraction of sp³-hybridized carbons (Fsp3) is 0.938. The summed E-state index contributed by atoms with van der Waals surface area (Å²) in [6, 6.07) is 0.307. The molecule has 3 saturated heterocycles. The summed E-state index contributed by atoms with van der Waals surface area (Å²) in [4.78, 5) is 14.4. The maximum absolute atomic E-state index is 12.4. The van der Waals surface area contributed by atoms with Crippen LogP contribution < -0.4 is 5.32 Å². The minimum absolute atomic E-state index is 0.00935. The molecule has 2 unspecified atom stereocenters. The Hall–Kier alpha value is -0.650. The highest BCUT2D eigenvalue weighted by Gasteiger charge is 2.39. The van der Waals surface area contributed by atoms with Gasteiger partial charge in [0.15, 0.2) is 0 Å². The van der Waals surface area contributed by atoms with Gasteiger partial charge in [-0.3, -0.25) is 4.79 Å². The number of hydrogen-bond donors (Lipinski definition) is 1. The van der Waals surface area contributed by atoms with Crippen LogP contribution in [0.1, 0.15) is 45.4 Å². The molecular weight excluding hydrogens is 268 g/mol. The summed E-state index contributed by atoms with van der Waals surface area (Å²) in [7, 11) is 0. The second-order valence-corrected chi connectivity index (χ2v) is 6.75. The topological polar surface area (TPSA) is 50.8 Å². The Morgan fingerprint density at radius 2 is 1.95 bits per heavy atom. The van der Waals surface area contributed by atoms with Gasteiger partial charge in [-0.1, -0.05) is 0 Å². The molecule has 1 N–H and O–H groups in total. The van der Waals surface area contributed by atoms with E-state index in [4.69, 9.17) is 9.47 Å². The predicted molar refractivity (Wildman–Crippen MR) is 80.2 cm³/mol. The van der Waals surface area contributed by atoms with Crippen LogP contribution in [0.15, 0.2) is 0 Å². The third kappa shape index (κ3) is 3.58. The number of carbonyl (C=O) groups excluding carboxylic acids is 1. The molecule has 3 aliphatic heterocycles. The molecule has 5 nitrogen and oxygen atoms in total. The van der Waals surface area contributed by atoms with Crippen LogP contribution >= 0.6 is 0 Å². The van der Waals surface area contributed by atoms with Crippen LogP contribution in [0.3, 0.4) is 0 Å². The molecule has 0 aliphatic carbocycles. The van der Waals surface area contributed by atoms with E-state index in [1.54, 1.807) is 0 Å². The maximum atomic E-state index is 12.4. The minimum Gasteiger partial charge on any atom is -0.381 e. The van der Waals surface area contributed by atoms with Crippen LogP contribution in [0, 0.1) is 0 Å². The zero-order valence-electron chi connectivity index (χ0n) is 13.1. The highest BCUT2D eigenvalue weighted by Crippen LogP contribution is 2.34. The van der Waals surface area contributed by atoms with Crippen molar-refractivity contribution in [1.29, 1.82) is 0 Å². The van der Waals surface area contributed by atoms with E-state index in [0.29, 0.717) is 6.04 Å². The number of amides is 1. The standard InChI is InChI=1S/C16H28N2O3/c1-13(15(19)18-7-2-3-8-18)17-14-4-9-21-16(12-14)5-10-20-11-6-16/h13-14,17H,2-12H2,1H3. The molecule has 3 rings (SSSR count). The van der Waals surface area contributed by atoms with E-state index in [0.717, 1.165) is 71.4 Å². The van der Waals surface area contributed by atoms with Gasteiger partial charge in [-0.25, -0.2) is 0 Å². The first-order valence-electron chi connectivity index (χ1n) is 8.45. The summed E-state index contributed by atoms with van der Waals surface area (Å²) in [6.45, 7) is 6.26. The highest BCUT2D eigenvalue weighted by molar-refractivity contribution is 5.81. The molecule has 0 aromatic heterocycles. The molecule has 21 heavy (non-hydrogen) atoms. The Morgan fingerprint density at radius 1 is 1.24 bits per heavy atom. The van der Waals surface area contributed by atoms with Crippen molar-refractivity contribution >= 4 is 5.91 Å². The number of hydrogen-bond acceptors (Lipinski definition) is 4. The Bertz CT molecular complexity index is 357. The summed E-state index contributed by atoms with van der Waals surface area (Å²) in [5.74, 6) is 0.264. The van der Waals surface area contributed by atoms with Crippen LogP contribution in [0.2, 0.25) is 0 Å². The molecule has 1 spiro atoms. The fourth-order valence-corrected chi connectivity index (χ4v) is 3.90. The third-order valence-electron chi connectivity index (χ3n) is 5.17. The Morgan fingerprint density at radius 3 is 2.67 bits per heavy atom. The molecule has 0 aromatic rings. The summed E-state index contributed by atoms with van der Waals surface area (Å²) in [6.07, 6.45) is 6.28. The quantitative estimate of drug-likeness (QED) is 0.853. The summed E-state index contributed by atoms with van der Waals surface area (Å²) in [5, 5.41) is 3.56. The summed E-state index contributed by atoms with van der Waals surface area (Å²) < 4.78 is 11.5. The zero-order chi connectivity index (χ0) is 14.7. The summed E-state index contributed by atoms with van der Waals surface area (Å²) >= 11 is 0. The Kier molecular flexibility index (Phi) is 4.82. The van der Waals surface area contributed by atoms with E-state index in [1.165, 1.54) is 0 Å². The average Bonchev–Trinajstić information content (AvgIpc) is 3.01. The van der Waals surface area contributed by atoms with Crippen molar-refractivity contribution in [2.24, 2.45) is 0 Å². The predicted octanol–water partition coefficient (Wildman–Crippen LogP) is 1.32. The lowest BCUT2D eigenvalue weighted by molar-refractivity contribution is -0.144. The van der Waals surface area contributed by atoms with Crippen molar-refractivity contribution in [1.82, 2.24) is 10.2 Å². The minimum atomic E-state index is -0.0805. The van der Waals surface area contributed by atoms with Crippen LogP contribution in [-0.2, 0) is 14.3 Å². The van der Waals surface area contributed by atoms with E-state index >= 15 is 0 Å². The van der Waals surface area contributed by atoms with Crippen molar-refractivity contribution in [3.8, 4) is 0 Å². The number of rotatable bonds is 3. The Balaban J connectivity index is 1.52. The van der Waals surface area contributed by atoms with Gasteiger partial charge in [0.05, 0.1) is 11.6 Å². The molecule has 0 aromatic carbocycles. The zero-order valence-corrected chi connectivity index (χ0v) is 13.1. The van der Waals surface area contributed by atoms with E-state index in [-0.39, 0.29) is 17.6 Å². The smallest absolute Gasteiger partial charge is 0.239 e. The largest absolute Gasteiger partial charge is 0.381 e. The molecule has 3 fully saturated rings. The first kappa shape index (κ1) is 15.3. The number of ether oxygens (including phenoxy) is 2. The number of nitrogens with one attached hydrogen (secondary N) is 1. The van der Waals surface area contributed by atoms with Gasteiger partial charge in [-0.2, -0.15) is 0 Å². The number of nitrogens with zero attached hydrogens (tertiary/aromatic N) is 1. The molecule has 0 bridgehead atoms. The maximum Gasteiger partial charge on any atom is 0.239 e. The summed E-state index contributed by atoms with van der Waals surface area (Å²) in [5.41, 5.74) is -0.00935. The van der Waals surface area contributed by atoms with E-state index in [2.05, 4.69) is 5.32 Å². The lowest BCUT2D eigenvalue weighted by Gasteiger charge is -2.44. The Labute approximate surface area is 127 Å². The van der Waals surface area contributed by atoms with Gasteiger partial charge in [-0.05, 0) is 45.4 Å². The average molecular weight is 296 g/mol. The van der Waals surface area contributed by atoms with Gasteiger partial charge in [0.1, 0.15) is 0 Å². The first-order valence-corrected chi connectivity index (χ1v) is 8.45. The van der Waals surface area contributed by atoms with Crippen molar-refractivity contribution < 1.29 is 14.3 Å². The van der Waals surface area contributed by atoms with E-state index in [1.807, 2.05) is 11.8 Å². The van der Waals surface area contributed by atoms with Gasteiger partial charge in [-0.15, -0.1) is 0 Å². The molecule has 0 radical (unpaired) electrons. The van der Waals surface area contributed by atoms with Crippen molar-refractivity contribution in [3.05, 3.63) is 0 Å². The van der Waals surface area contributed by atoms with E-state index < -0.39 is 0 Å². The number of carbonyl (C=O) groups is 1. The fourth-order valence-electron chi connectivity index (χ4n) is 3.90. The first-order chi connectivity index (χ1) is 10.2. The molecule has 2 atom stereocenters. The molecule has 3 heterocycles. The second-order valence-electron chi connectivity index (χ2n) is 6.75. The van der Waals surface area contributed by atoms with Crippen LogP contribution in [-0.4, -0.2) is 61.4 Å². The monoisotopic (exact) mass is 296 g/mol. The molecule has 120 valence electrons. The van der Waals surface area contributed by atoms with Crippen molar-refractivity contribution in [2.45, 2.75) is 63.1 Å². The molecule has 3 aliphatic rings. The van der Waals surface area contributed by atoms with Gasteiger partial charge in [0, 0.05) is 39.0 Å². The molecule has 5 heteroatoms. The number of likely N-dealkylation sites (tertiary alicyclic amines) is 1. The molecular formula is C16H28N2O3. The molecule has 0 saturated carbocycles. The van der Waals surface area contributed by atoms with Crippen LogP contribution in [0.4, 0.5) is 0 Å². The van der Waals surface area contributed by atoms with Crippen LogP contribution in [0.25, 0.3) is 0 Å². The third-order valence-corrected chi connectivity index (χ3v) is 5.17. The second kappa shape index (κ2) is 6.63. The van der Waals surface area contributed by atoms with Gasteiger partial charge >= 0.3 is 0 Å². The molecule has 1 amide bonds. The van der Waals surface area contributed by atoms with Crippen molar-refractivity contribution in [3.63, 3.8) is 0 Å². The van der Waals surface area contributed by atoms with Gasteiger partial charge < -0.3 is 19.7 Å². The van der Waals surface area contributed by atoms with Crippen molar-refractivity contribution in [2.75, 3.05) is 32.9 Å². The van der Waals surface area contributed by atoms with E-state index in [9.17, 15) is 4.79 Å². The van der Waals surface area contributed by atoms with Gasteiger partial charge in [0.2, 0.25) is 5.91 Å². The lowest BCUT2D eigenvalue weighted by Crippen LogP contribution is -2.54. The van der Waals surface area contributed by atoms with Crippen LogP contribution in [0.5, 0.6) is 0 Å². The normalized spacial score (nSPS) is 30.5. The SMILES string of the molecule is CC(NC1CCOC2(CCOCC2)C1)C(=O)N1CCCC1. The highest BCUT2D eigenvalue weighted by atomic mass is 16.5.